The van der Waals surface area contributed by atoms with Crippen LogP contribution >= 0.6 is 11.6 Å². The number of H-pyrrole nitrogens is 1. The second-order valence-corrected chi connectivity index (χ2v) is 6.41. The summed E-state index contributed by atoms with van der Waals surface area (Å²) in [5.41, 5.74) is 2.40. The molecule has 0 unspecified atom stereocenters. The maximum atomic E-state index is 13.2. The highest BCUT2D eigenvalue weighted by Crippen LogP contribution is 2.19. The summed E-state index contributed by atoms with van der Waals surface area (Å²) in [6, 6.07) is 4.10. The van der Waals surface area contributed by atoms with Crippen molar-refractivity contribution in [3.8, 4) is 0 Å². The number of carbonyl (C=O) groups is 1. The zero-order chi connectivity index (χ0) is 17.7. The van der Waals surface area contributed by atoms with E-state index in [9.17, 15) is 9.18 Å². The SMILES string of the molecule is Cc1[nH]cnc1CN(CCN(C)C)C(=O)Cc1ccc(F)cc1Cl. The van der Waals surface area contributed by atoms with Gasteiger partial charge in [-0.15, -0.1) is 0 Å². The first-order chi connectivity index (χ1) is 11.4. The number of imidazole rings is 1. The van der Waals surface area contributed by atoms with Crippen molar-refractivity contribution in [1.29, 1.82) is 0 Å². The number of aryl methyl sites for hydroxylation is 1. The third-order valence-corrected chi connectivity index (χ3v) is 4.15. The lowest BCUT2D eigenvalue weighted by atomic mass is 10.1. The van der Waals surface area contributed by atoms with Crippen LogP contribution in [0, 0.1) is 12.7 Å². The van der Waals surface area contributed by atoms with Gasteiger partial charge in [-0.2, -0.15) is 0 Å². The summed E-state index contributed by atoms with van der Waals surface area (Å²) < 4.78 is 13.2. The number of halogens is 2. The van der Waals surface area contributed by atoms with E-state index in [1.807, 2.05) is 25.9 Å². The summed E-state index contributed by atoms with van der Waals surface area (Å²) >= 11 is 6.04. The number of rotatable bonds is 7. The first kappa shape index (κ1) is 18.4. The van der Waals surface area contributed by atoms with Gasteiger partial charge in [-0.1, -0.05) is 17.7 Å². The van der Waals surface area contributed by atoms with Gasteiger partial charge in [-0.25, -0.2) is 9.37 Å². The lowest BCUT2D eigenvalue weighted by Crippen LogP contribution is -2.37. The van der Waals surface area contributed by atoms with E-state index < -0.39 is 5.82 Å². The minimum Gasteiger partial charge on any atom is -0.348 e. The Hall–Kier alpha value is -1.92. The average Bonchev–Trinajstić information content (AvgIpc) is 2.91. The summed E-state index contributed by atoms with van der Waals surface area (Å²) in [6.07, 6.45) is 1.76. The van der Waals surface area contributed by atoms with Gasteiger partial charge in [0.15, 0.2) is 0 Å². The average molecular weight is 353 g/mol. The molecule has 1 aromatic heterocycles. The molecule has 5 nitrogen and oxygen atoms in total. The molecular formula is C17H22ClFN4O. The highest BCUT2D eigenvalue weighted by Gasteiger charge is 2.18. The number of likely N-dealkylation sites (N-methyl/N-ethyl adjacent to an activating group) is 1. The Morgan fingerprint density at radius 3 is 2.67 bits per heavy atom. The third kappa shape index (κ3) is 5.04. The zero-order valence-corrected chi connectivity index (χ0v) is 14.9. The number of hydrogen-bond acceptors (Lipinski definition) is 3. The number of carbonyl (C=O) groups excluding carboxylic acids is 1. The molecule has 0 atom stereocenters. The molecule has 1 N–H and O–H groups in total. The molecule has 0 aliphatic carbocycles. The van der Waals surface area contributed by atoms with Crippen LogP contribution in [0.5, 0.6) is 0 Å². The number of amides is 1. The minimum absolute atomic E-state index is 0.0623. The molecule has 0 radical (unpaired) electrons. The highest BCUT2D eigenvalue weighted by atomic mass is 35.5. The van der Waals surface area contributed by atoms with Gasteiger partial charge in [-0.3, -0.25) is 4.79 Å². The van der Waals surface area contributed by atoms with E-state index in [2.05, 4.69) is 9.97 Å². The van der Waals surface area contributed by atoms with E-state index in [-0.39, 0.29) is 17.4 Å². The molecule has 1 aromatic carbocycles. The van der Waals surface area contributed by atoms with Crippen molar-refractivity contribution in [2.45, 2.75) is 19.9 Å². The van der Waals surface area contributed by atoms with Crippen LogP contribution in [0.2, 0.25) is 5.02 Å². The number of aromatic amines is 1. The van der Waals surface area contributed by atoms with Crippen LogP contribution in [0.25, 0.3) is 0 Å². The molecule has 7 heteroatoms. The monoisotopic (exact) mass is 352 g/mol. The first-order valence-corrected chi connectivity index (χ1v) is 8.10. The smallest absolute Gasteiger partial charge is 0.227 e. The van der Waals surface area contributed by atoms with Crippen LogP contribution in [0.3, 0.4) is 0 Å². The molecule has 0 fully saturated rings. The molecular weight excluding hydrogens is 331 g/mol. The van der Waals surface area contributed by atoms with Gasteiger partial charge in [0.25, 0.3) is 0 Å². The van der Waals surface area contributed by atoms with E-state index in [4.69, 9.17) is 11.6 Å². The summed E-state index contributed by atoms with van der Waals surface area (Å²) in [5.74, 6) is -0.472. The largest absolute Gasteiger partial charge is 0.348 e. The van der Waals surface area contributed by atoms with Crippen LogP contribution in [0.4, 0.5) is 4.39 Å². The summed E-state index contributed by atoms with van der Waals surface area (Å²) in [7, 11) is 3.92. The van der Waals surface area contributed by atoms with E-state index in [1.54, 1.807) is 17.3 Å². The van der Waals surface area contributed by atoms with E-state index in [0.717, 1.165) is 17.9 Å². The number of aromatic nitrogens is 2. The van der Waals surface area contributed by atoms with Gasteiger partial charge in [-0.05, 0) is 38.7 Å². The van der Waals surface area contributed by atoms with Crippen LogP contribution in [0.15, 0.2) is 24.5 Å². The van der Waals surface area contributed by atoms with Crippen molar-refractivity contribution < 1.29 is 9.18 Å². The number of benzene rings is 1. The zero-order valence-electron chi connectivity index (χ0n) is 14.1. The van der Waals surface area contributed by atoms with E-state index >= 15 is 0 Å². The molecule has 0 aliphatic heterocycles. The number of nitrogens with zero attached hydrogens (tertiary/aromatic N) is 3. The second-order valence-electron chi connectivity index (χ2n) is 6.01. The quantitative estimate of drug-likeness (QED) is 0.833. The van der Waals surface area contributed by atoms with Crippen molar-refractivity contribution in [1.82, 2.24) is 19.8 Å². The molecule has 0 bridgehead atoms. The molecule has 2 rings (SSSR count). The molecule has 24 heavy (non-hydrogen) atoms. The summed E-state index contributed by atoms with van der Waals surface area (Å²) in [5, 5.41) is 0.270. The van der Waals surface area contributed by atoms with Crippen LogP contribution in [-0.2, 0) is 17.8 Å². The maximum Gasteiger partial charge on any atom is 0.227 e. The number of nitrogens with one attached hydrogen (secondary N) is 1. The van der Waals surface area contributed by atoms with Gasteiger partial charge in [0, 0.05) is 23.8 Å². The number of hydrogen-bond donors (Lipinski definition) is 1. The van der Waals surface area contributed by atoms with Crippen LogP contribution < -0.4 is 0 Å². The molecule has 0 saturated carbocycles. The Morgan fingerprint density at radius 1 is 1.33 bits per heavy atom. The standard InChI is InChI=1S/C17H22ClFN4O/c1-12-16(21-11-20-12)10-23(7-6-22(2)3)17(24)8-13-4-5-14(19)9-15(13)18/h4-5,9,11H,6-8,10H2,1-3H3,(H,20,21). The predicted octanol–water partition coefficient (Wildman–Crippen LogP) is 2.64. The van der Waals surface area contributed by atoms with E-state index in [0.29, 0.717) is 18.7 Å². The molecule has 130 valence electrons. The molecule has 0 saturated heterocycles. The fraction of sp³-hybridized carbons (Fsp3) is 0.412. The van der Waals surface area contributed by atoms with Gasteiger partial charge in [0.2, 0.25) is 5.91 Å². The Morgan fingerprint density at radius 2 is 2.08 bits per heavy atom. The van der Waals surface area contributed by atoms with Crippen molar-refractivity contribution in [2.75, 3.05) is 27.2 Å². The molecule has 0 aliphatic rings. The van der Waals surface area contributed by atoms with Gasteiger partial charge < -0.3 is 14.8 Å². The minimum atomic E-state index is -0.409. The second kappa shape index (κ2) is 8.26. The topological polar surface area (TPSA) is 52.2 Å². The van der Waals surface area contributed by atoms with Gasteiger partial charge >= 0.3 is 0 Å². The summed E-state index contributed by atoms with van der Waals surface area (Å²) in [6.45, 7) is 3.68. The lowest BCUT2D eigenvalue weighted by Gasteiger charge is -2.24. The highest BCUT2D eigenvalue weighted by molar-refractivity contribution is 6.31. The molecule has 2 aromatic rings. The Bertz CT molecular complexity index is 702. The predicted molar refractivity (Wildman–Crippen MR) is 92.4 cm³/mol. The van der Waals surface area contributed by atoms with Crippen molar-refractivity contribution in [2.24, 2.45) is 0 Å². The first-order valence-electron chi connectivity index (χ1n) is 7.72. The Labute approximate surface area is 146 Å². The third-order valence-electron chi connectivity index (χ3n) is 3.80. The molecule has 0 spiro atoms. The van der Waals surface area contributed by atoms with Crippen molar-refractivity contribution in [3.63, 3.8) is 0 Å². The van der Waals surface area contributed by atoms with Crippen LogP contribution in [-0.4, -0.2) is 52.9 Å². The Kier molecular flexibility index (Phi) is 6.34. The van der Waals surface area contributed by atoms with Gasteiger partial charge in [0.1, 0.15) is 5.82 Å². The van der Waals surface area contributed by atoms with Crippen LogP contribution in [0.1, 0.15) is 17.0 Å². The lowest BCUT2D eigenvalue weighted by molar-refractivity contribution is -0.131. The fourth-order valence-corrected chi connectivity index (χ4v) is 2.51. The molecule has 1 heterocycles. The summed E-state index contributed by atoms with van der Waals surface area (Å²) in [4.78, 5) is 23.8. The normalized spacial score (nSPS) is 11.1. The van der Waals surface area contributed by atoms with E-state index in [1.165, 1.54) is 12.1 Å². The molecule has 1 amide bonds. The van der Waals surface area contributed by atoms with Crippen molar-refractivity contribution in [3.05, 3.63) is 52.3 Å². The fourth-order valence-electron chi connectivity index (χ4n) is 2.28. The Balaban J connectivity index is 2.12. The van der Waals surface area contributed by atoms with Gasteiger partial charge in [0.05, 0.1) is 25.0 Å². The maximum absolute atomic E-state index is 13.2. The van der Waals surface area contributed by atoms with Crippen molar-refractivity contribution >= 4 is 17.5 Å².